The minimum atomic E-state index is -0.647. The third kappa shape index (κ3) is 2.72. The number of nitrogens with one attached hydrogen (secondary N) is 2. The molecule has 6 nitrogen and oxygen atoms in total. The molecule has 0 radical (unpaired) electrons. The van der Waals surface area contributed by atoms with E-state index < -0.39 is 23.5 Å². The molecule has 1 fully saturated rings. The number of hydrogen-bond donors (Lipinski definition) is 3. The monoisotopic (exact) mass is 281 g/mol. The van der Waals surface area contributed by atoms with Crippen molar-refractivity contribution in [2.75, 3.05) is 26.7 Å². The molecule has 0 aromatic heterocycles. The van der Waals surface area contributed by atoms with Gasteiger partial charge < -0.3 is 20.6 Å². The first kappa shape index (κ1) is 14.3. The van der Waals surface area contributed by atoms with Crippen LogP contribution in [0.25, 0.3) is 0 Å². The molecule has 0 aliphatic carbocycles. The summed E-state index contributed by atoms with van der Waals surface area (Å²) < 4.78 is 13.0. The van der Waals surface area contributed by atoms with Gasteiger partial charge in [0, 0.05) is 32.7 Å². The number of phenolic OH excluding ortho intramolecular Hbond substituents is 1. The first-order chi connectivity index (χ1) is 9.54. The Bertz CT molecular complexity index is 536. The van der Waals surface area contributed by atoms with Crippen molar-refractivity contribution in [2.24, 2.45) is 0 Å². The molecule has 1 saturated heterocycles. The maximum absolute atomic E-state index is 13.0. The van der Waals surface area contributed by atoms with Gasteiger partial charge in [0.15, 0.2) is 0 Å². The van der Waals surface area contributed by atoms with Gasteiger partial charge in [0.05, 0.1) is 5.56 Å². The van der Waals surface area contributed by atoms with Crippen LogP contribution in [0.2, 0.25) is 0 Å². The summed E-state index contributed by atoms with van der Waals surface area (Å²) in [7, 11) is 1.50. The molecule has 1 unspecified atom stereocenters. The average Bonchev–Trinajstić information content (AvgIpc) is 2.46. The maximum atomic E-state index is 13.0. The number of hydrogen-bond acceptors (Lipinski definition) is 4. The Balaban J connectivity index is 2.27. The SMILES string of the molecule is CNC(=O)C1CNCCN1C(=O)c1ccc(F)cc1O. The Morgan fingerprint density at radius 3 is 2.90 bits per heavy atom. The highest BCUT2D eigenvalue weighted by molar-refractivity contribution is 5.99. The zero-order chi connectivity index (χ0) is 14.7. The molecule has 0 saturated carbocycles. The molecule has 3 N–H and O–H groups in total. The van der Waals surface area contributed by atoms with Crippen LogP contribution in [0.15, 0.2) is 18.2 Å². The fraction of sp³-hybridized carbons (Fsp3) is 0.385. The lowest BCUT2D eigenvalue weighted by atomic mass is 10.1. The quantitative estimate of drug-likeness (QED) is 0.694. The lowest BCUT2D eigenvalue weighted by Crippen LogP contribution is -2.59. The van der Waals surface area contributed by atoms with Gasteiger partial charge in [-0.05, 0) is 12.1 Å². The number of carbonyl (C=O) groups excluding carboxylic acids is 2. The van der Waals surface area contributed by atoms with Crippen molar-refractivity contribution < 1.29 is 19.1 Å². The fourth-order valence-corrected chi connectivity index (χ4v) is 2.19. The van der Waals surface area contributed by atoms with Crippen molar-refractivity contribution in [3.05, 3.63) is 29.6 Å². The molecule has 2 rings (SSSR count). The number of piperazine rings is 1. The second-order valence-electron chi connectivity index (χ2n) is 4.49. The highest BCUT2D eigenvalue weighted by Crippen LogP contribution is 2.21. The normalized spacial score (nSPS) is 18.7. The van der Waals surface area contributed by atoms with Crippen molar-refractivity contribution in [1.29, 1.82) is 0 Å². The molecule has 7 heteroatoms. The van der Waals surface area contributed by atoms with Gasteiger partial charge in [0.1, 0.15) is 17.6 Å². The molecular weight excluding hydrogens is 265 g/mol. The van der Waals surface area contributed by atoms with E-state index in [0.717, 1.165) is 12.1 Å². The van der Waals surface area contributed by atoms with E-state index in [0.29, 0.717) is 19.6 Å². The van der Waals surface area contributed by atoms with Crippen molar-refractivity contribution in [2.45, 2.75) is 6.04 Å². The van der Waals surface area contributed by atoms with Gasteiger partial charge in [-0.1, -0.05) is 0 Å². The number of nitrogens with zero attached hydrogens (tertiary/aromatic N) is 1. The van der Waals surface area contributed by atoms with Crippen LogP contribution in [-0.2, 0) is 4.79 Å². The number of halogens is 1. The zero-order valence-electron chi connectivity index (χ0n) is 11.0. The molecule has 20 heavy (non-hydrogen) atoms. The predicted octanol–water partition coefficient (Wildman–Crippen LogP) is -0.309. The zero-order valence-corrected chi connectivity index (χ0v) is 11.0. The summed E-state index contributed by atoms with van der Waals surface area (Å²) in [5, 5.41) is 15.2. The highest BCUT2D eigenvalue weighted by atomic mass is 19.1. The molecule has 1 heterocycles. The van der Waals surface area contributed by atoms with Crippen molar-refractivity contribution in [3.63, 3.8) is 0 Å². The van der Waals surface area contributed by atoms with Crippen molar-refractivity contribution in [3.8, 4) is 5.75 Å². The molecule has 0 spiro atoms. The number of amides is 2. The molecule has 108 valence electrons. The van der Waals surface area contributed by atoms with Crippen LogP contribution in [0, 0.1) is 5.82 Å². The topological polar surface area (TPSA) is 81.7 Å². The van der Waals surface area contributed by atoms with E-state index >= 15 is 0 Å². The van der Waals surface area contributed by atoms with E-state index in [4.69, 9.17) is 0 Å². The first-order valence-electron chi connectivity index (χ1n) is 6.26. The minimum Gasteiger partial charge on any atom is -0.507 e. The number of carbonyl (C=O) groups is 2. The Kier molecular flexibility index (Phi) is 4.19. The van der Waals surface area contributed by atoms with E-state index in [9.17, 15) is 19.1 Å². The number of aromatic hydroxyl groups is 1. The summed E-state index contributed by atoms with van der Waals surface area (Å²) in [5.41, 5.74) is -0.0118. The van der Waals surface area contributed by atoms with Gasteiger partial charge in [-0.3, -0.25) is 9.59 Å². The van der Waals surface area contributed by atoms with Crippen LogP contribution in [-0.4, -0.2) is 54.5 Å². The molecule has 1 atom stereocenters. The Morgan fingerprint density at radius 2 is 2.25 bits per heavy atom. The third-order valence-corrected chi connectivity index (χ3v) is 3.24. The molecular formula is C13H16FN3O3. The van der Waals surface area contributed by atoms with Gasteiger partial charge in [-0.15, -0.1) is 0 Å². The maximum Gasteiger partial charge on any atom is 0.258 e. The minimum absolute atomic E-state index is 0.0118. The van der Waals surface area contributed by atoms with Crippen LogP contribution in [0.4, 0.5) is 4.39 Å². The smallest absolute Gasteiger partial charge is 0.258 e. The van der Waals surface area contributed by atoms with Crippen LogP contribution in [0.5, 0.6) is 5.75 Å². The average molecular weight is 281 g/mol. The van der Waals surface area contributed by atoms with Gasteiger partial charge in [-0.25, -0.2) is 4.39 Å². The summed E-state index contributed by atoms with van der Waals surface area (Å²) in [4.78, 5) is 25.6. The van der Waals surface area contributed by atoms with Crippen LogP contribution >= 0.6 is 0 Å². The Hall–Kier alpha value is -2.15. The standard InChI is InChI=1S/C13H16FN3O3/c1-15-12(19)10-7-16-4-5-17(10)13(20)9-3-2-8(14)6-11(9)18/h2-3,6,10,16,18H,4-5,7H2,1H3,(H,15,19). The van der Waals surface area contributed by atoms with Crippen LogP contribution < -0.4 is 10.6 Å². The van der Waals surface area contributed by atoms with Gasteiger partial charge >= 0.3 is 0 Å². The number of phenols is 1. The first-order valence-corrected chi connectivity index (χ1v) is 6.26. The second-order valence-corrected chi connectivity index (χ2v) is 4.49. The van der Waals surface area contributed by atoms with Gasteiger partial charge in [0.2, 0.25) is 5.91 Å². The van der Waals surface area contributed by atoms with Gasteiger partial charge in [0.25, 0.3) is 5.91 Å². The summed E-state index contributed by atoms with van der Waals surface area (Å²) >= 11 is 0. The molecule has 1 aliphatic heterocycles. The fourth-order valence-electron chi connectivity index (χ4n) is 2.19. The van der Waals surface area contributed by atoms with E-state index in [2.05, 4.69) is 10.6 Å². The number of rotatable bonds is 2. The molecule has 0 bridgehead atoms. The van der Waals surface area contributed by atoms with E-state index in [1.807, 2.05) is 0 Å². The van der Waals surface area contributed by atoms with Crippen LogP contribution in [0.1, 0.15) is 10.4 Å². The summed E-state index contributed by atoms with van der Waals surface area (Å²) in [6.07, 6.45) is 0. The number of benzene rings is 1. The van der Waals surface area contributed by atoms with Gasteiger partial charge in [-0.2, -0.15) is 0 Å². The van der Waals surface area contributed by atoms with Crippen LogP contribution in [0.3, 0.4) is 0 Å². The summed E-state index contributed by atoms with van der Waals surface area (Å²) in [6.45, 7) is 1.24. The van der Waals surface area contributed by atoms with E-state index in [1.54, 1.807) is 0 Å². The van der Waals surface area contributed by atoms with Crippen molar-refractivity contribution in [1.82, 2.24) is 15.5 Å². The Morgan fingerprint density at radius 1 is 1.50 bits per heavy atom. The Labute approximate surface area is 115 Å². The molecule has 1 aromatic rings. The molecule has 1 aromatic carbocycles. The van der Waals surface area contributed by atoms with E-state index in [-0.39, 0.29) is 11.5 Å². The highest BCUT2D eigenvalue weighted by Gasteiger charge is 2.32. The van der Waals surface area contributed by atoms with E-state index in [1.165, 1.54) is 18.0 Å². The lowest BCUT2D eigenvalue weighted by Gasteiger charge is -2.35. The second kappa shape index (κ2) is 5.87. The number of likely N-dealkylation sites (N-methyl/N-ethyl adjacent to an activating group) is 1. The summed E-state index contributed by atoms with van der Waals surface area (Å²) in [5.74, 6) is -1.82. The lowest BCUT2D eigenvalue weighted by molar-refractivity contribution is -0.125. The summed E-state index contributed by atoms with van der Waals surface area (Å²) in [6, 6.07) is 2.55. The predicted molar refractivity (Wildman–Crippen MR) is 69.8 cm³/mol. The third-order valence-electron chi connectivity index (χ3n) is 3.24. The van der Waals surface area contributed by atoms with Crippen molar-refractivity contribution >= 4 is 11.8 Å². The molecule has 1 aliphatic rings. The largest absolute Gasteiger partial charge is 0.507 e. The molecule has 2 amide bonds.